The van der Waals surface area contributed by atoms with Crippen molar-refractivity contribution in [1.82, 2.24) is 5.32 Å². The lowest BCUT2D eigenvalue weighted by Gasteiger charge is -2.28. The molecule has 3 nitrogen and oxygen atoms in total. The van der Waals surface area contributed by atoms with Crippen LogP contribution in [0.5, 0.6) is 11.5 Å². The van der Waals surface area contributed by atoms with Gasteiger partial charge in [-0.15, -0.1) is 12.4 Å². The third-order valence-electron chi connectivity index (χ3n) is 3.48. The number of ether oxygens (including phenoxy) is 2. The van der Waals surface area contributed by atoms with Crippen LogP contribution in [0.15, 0.2) is 18.2 Å². The second kappa shape index (κ2) is 6.86. The van der Waals surface area contributed by atoms with Gasteiger partial charge >= 0.3 is 0 Å². The number of benzene rings is 1. The van der Waals surface area contributed by atoms with E-state index in [1.807, 2.05) is 6.07 Å². The van der Waals surface area contributed by atoms with Crippen LogP contribution in [-0.2, 0) is 0 Å². The summed E-state index contributed by atoms with van der Waals surface area (Å²) in [5.41, 5.74) is 1.29. The van der Waals surface area contributed by atoms with Crippen LogP contribution < -0.4 is 14.8 Å². The van der Waals surface area contributed by atoms with E-state index >= 15 is 0 Å². The van der Waals surface area contributed by atoms with E-state index in [1.54, 1.807) is 14.2 Å². The number of nitrogens with one attached hydrogen (secondary N) is 1. The predicted molar refractivity (Wildman–Crippen MR) is 75.9 cm³/mol. The molecular formula is C14H22ClNO2. The maximum Gasteiger partial charge on any atom is 0.161 e. The third kappa shape index (κ3) is 3.30. The number of hydrogen-bond donors (Lipinski definition) is 1. The van der Waals surface area contributed by atoms with Gasteiger partial charge in [0.05, 0.1) is 14.2 Å². The van der Waals surface area contributed by atoms with Gasteiger partial charge in [0.2, 0.25) is 0 Å². The van der Waals surface area contributed by atoms with Crippen molar-refractivity contribution >= 4 is 12.4 Å². The summed E-state index contributed by atoms with van der Waals surface area (Å²) in [6.07, 6.45) is 2.46. The zero-order valence-electron chi connectivity index (χ0n) is 11.2. The second-order valence-corrected chi connectivity index (χ2v) is 4.75. The Morgan fingerprint density at radius 1 is 1.17 bits per heavy atom. The van der Waals surface area contributed by atoms with Gasteiger partial charge in [0.15, 0.2) is 11.5 Å². The minimum atomic E-state index is 0. The summed E-state index contributed by atoms with van der Waals surface area (Å²) < 4.78 is 10.6. The van der Waals surface area contributed by atoms with Crippen LogP contribution in [0.4, 0.5) is 0 Å². The quantitative estimate of drug-likeness (QED) is 0.916. The molecule has 1 aromatic rings. The summed E-state index contributed by atoms with van der Waals surface area (Å²) in [5.74, 6) is 2.39. The van der Waals surface area contributed by atoms with Crippen molar-refractivity contribution < 1.29 is 9.47 Å². The summed E-state index contributed by atoms with van der Waals surface area (Å²) in [6.45, 7) is 3.41. The highest BCUT2D eigenvalue weighted by Crippen LogP contribution is 2.33. The lowest BCUT2D eigenvalue weighted by molar-refractivity contribution is 0.322. The Morgan fingerprint density at radius 3 is 2.50 bits per heavy atom. The van der Waals surface area contributed by atoms with E-state index in [0.717, 1.165) is 24.0 Å². The van der Waals surface area contributed by atoms with Gasteiger partial charge in [-0.3, -0.25) is 0 Å². The largest absolute Gasteiger partial charge is 0.493 e. The highest BCUT2D eigenvalue weighted by Gasteiger charge is 2.20. The van der Waals surface area contributed by atoms with E-state index in [0.29, 0.717) is 6.04 Å². The molecule has 2 rings (SSSR count). The van der Waals surface area contributed by atoms with Crippen LogP contribution in [0.3, 0.4) is 0 Å². The lowest BCUT2D eigenvalue weighted by Crippen LogP contribution is -2.30. The van der Waals surface area contributed by atoms with Crippen molar-refractivity contribution in [3.8, 4) is 11.5 Å². The van der Waals surface area contributed by atoms with E-state index in [-0.39, 0.29) is 12.4 Å². The Kier molecular flexibility index (Phi) is 5.76. The van der Waals surface area contributed by atoms with E-state index in [9.17, 15) is 0 Å². The lowest BCUT2D eigenvalue weighted by atomic mass is 9.90. The minimum absolute atomic E-state index is 0. The van der Waals surface area contributed by atoms with E-state index < -0.39 is 0 Å². The van der Waals surface area contributed by atoms with Crippen molar-refractivity contribution in [3.63, 3.8) is 0 Å². The van der Waals surface area contributed by atoms with Crippen molar-refractivity contribution in [2.24, 2.45) is 5.92 Å². The maximum atomic E-state index is 5.34. The van der Waals surface area contributed by atoms with Crippen LogP contribution in [0, 0.1) is 5.92 Å². The summed E-state index contributed by atoms with van der Waals surface area (Å²) in [6, 6.07) is 6.62. The topological polar surface area (TPSA) is 30.5 Å². The second-order valence-electron chi connectivity index (χ2n) is 4.75. The van der Waals surface area contributed by atoms with Crippen LogP contribution in [0.2, 0.25) is 0 Å². The predicted octanol–water partition coefficient (Wildman–Crippen LogP) is 3.19. The molecule has 2 atom stereocenters. The fraction of sp³-hybridized carbons (Fsp3) is 0.571. The number of methoxy groups -OCH3 is 2. The normalized spacial score (nSPS) is 23.1. The first kappa shape index (κ1) is 15.1. The fourth-order valence-electron chi connectivity index (χ4n) is 2.43. The first-order valence-electron chi connectivity index (χ1n) is 6.20. The van der Waals surface area contributed by atoms with Gasteiger partial charge in [-0.25, -0.2) is 0 Å². The number of piperidine rings is 1. The van der Waals surface area contributed by atoms with Gasteiger partial charge in [-0.1, -0.05) is 13.0 Å². The molecule has 18 heavy (non-hydrogen) atoms. The minimum Gasteiger partial charge on any atom is -0.493 e. The molecule has 0 amide bonds. The Labute approximate surface area is 115 Å². The molecule has 1 aliphatic rings. The number of hydrogen-bond acceptors (Lipinski definition) is 3. The van der Waals surface area contributed by atoms with E-state index in [2.05, 4.69) is 24.4 Å². The molecule has 1 aliphatic heterocycles. The van der Waals surface area contributed by atoms with Gasteiger partial charge in [-0.05, 0) is 43.0 Å². The molecule has 0 bridgehead atoms. The zero-order chi connectivity index (χ0) is 12.3. The van der Waals surface area contributed by atoms with Crippen molar-refractivity contribution in [3.05, 3.63) is 23.8 Å². The molecule has 0 saturated carbocycles. The Hall–Kier alpha value is -0.930. The van der Waals surface area contributed by atoms with E-state index in [1.165, 1.54) is 18.4 Å². The monoisotopic (exact) mass is 271 g/mol. The van der Waals surface area contributed by atoms with Crippen molar-refractivity contribution in [1.29, 1.82) is 0 Å². The molecular weight excluding hydrogens is 250 g/mol. The summed E-state index contributed by atoms with van der Waals surface area (Å²) >= 11 is 0. The molecule has 4 heteroatoms. The van der Waals surface area contributed by atoms with Crippen LogP contribution in [-0.4, -0.2) is 20.8 Å². The first-order chi connectivity index (χ1) is 8.24. The van der Waals surface area contributed by atoms with Gasteiger partial charge in [0, 0.05) is 6.04 Å². The first-order valence-corrected chi connectivity index (χ1v) is 6.20. The number of halogens is 1. The molecule has 1 saturated heterocycles. The third-order valence-corrected chi connectivity index (χ3v) is 3.48. The van der Waals surface area contributed by atoms with Crippen LogP contribution >= 0.6 is 12.4 Å². The Balaban J connectivity index is 0.00000162. The molecule has 1 fully saturated rings. The molecule has 0 spiro atoms. The molecule has 102 valence electrons. The Morgan fingerprint density at radius 2 is 1.89 bits per heavy atom. The molecule has 0 aliphatic carbocycles. The molecule has 0 radical (unpaired) electrons. The smallest absolute Gasteiger partial charge is 0.161 e. The van der Waals surface area contributed by atoms with Gasteiger partial charge in [0.25, 0.3) is 0 Å². The average Bonchev–Trinajstić information content (AvgIpc) is 2.38. The highest BCUT2D eigenvalue weighted by molar-refractivity contribution is 5.85. The van der Waals surface area contributed by atoms with E-state index in [4.69, 9.17) is 9.47 Å². The SMILES string of the molecule is COc1ccc(C2CC(C)CCN2)cc1OC.Cl. The summed E-state index contributed by atoms with van der Waals surface area (Å²) in [4.78, 5) is 0. The highest BCUT2D eigenvalue weighted by atomic mass is 35.5. The zero-order valence-corrected chi connectivity index (χ0v) is 12.0. The molecule has 1 N–H and O–H groups in total. The van der Waals surface area contributed by atoms with Crippen molar-refractivity contribution in [2.75, 3.05) is 20.8 Å². The van der Waals surface area contributed by atoms with Crippen molar-refractivity contribution in [2.45, 2.75) is 25.8 Å². The molecule has 1 aromatic carbocycles. The molecule has 1 heterocycles. The van der Waals surface area contributed by atoms with Crippen LogP contribution in [0.25, 0.3) is 0 Å². The Bertz CT molecular complexity index is 384. The summed E-state index contributed by atoms with van der Waals surface area (Å²) in [7, 11) is 3.34. The number of rotatable bonds is 3. The van der Waals surface area contributed by atoms with Gasteiger partial charge in [0.1, 0.15) is 0 Å². The standard InChI is InChI=1S/C14H21NO2.ClH/c1-10-6-7-15-12(8-10)11-4-5-13(16-2)14(9-11)17-3;/h4-5,9-10,12,15H,6-8H2,1-3H3;1H. The van der Waals surface area contributed by atoms with Crippen LogP contribution in [0.1, 0.15) is 31.4 Å². The van der Waals surface area contributed by atoms with Gasteiger partial charge in [-0.2, -0.15) is 0 Å². The van der Waals surface area contributed by atoms with Gasteiger partial charge < -0.3 is 14.8 Å². The maximum absolute atomic E-state index is 5.34. The summed E-state index contributed by atoms with van der Waals surface area (Å²) in [5, 5.41) is 3.56. The molecule has 2 unspecified atom stereocenters. The molecule has 0 aromatic heterocycles. The fourth-order valence-corrected chi connectivity index (χ4v) is 2.43. The average molecular weight is 272 g/mol.